The number of hydrogen-bond donors (Lipinski definition) is 0. The number of ether oxygens (including phenoxy) is 1. The maximum atomic E-state index is 11.1. The summed E-state index contributed by atoms with van der Waals surface area (Å²) in [5, 5.41) is 4.79. The molecule has 0 aliphatic heterocycles. The molecule has 0 bridgehead atoms. The molecule has 18 heavy (non-hydrogen) atoms. The topological polar surface area (TPSA) is 44.1 Å². The number of thioether (sulfide) groups is 1. The van der Waals surface area contributed by atoms with Gasteiger partial charge in [0.25, 0.3) is 0 Å². The molecule has 0 aliphatic rings. The lowest BCUT2D eigenvalue weighted by molar-refractivity contribution is -0.140. The van der Waals surface area contributed by atoms with Crippen molar-refractivity contribution in [2.45, 2.75) is 50.7 Å². The van der Waals surface area contributed by atoms with E-state index in [4.69, 9.17) is 0 Å². The highest BCUT2D eigenvalue weighted by atomic mass is 32.2. The summed E-state index contributed by atoms with van der Waals surface area (Å²) < 4.78 is 6.65. The van der Waals surface area contributed by atoms with Crippen LogP contribution in [0.5, 0.6) is 0 Å². The standard InChI is InChI=1S/C13H22N2O2S/c1-5-10(2)15-7-6-12(14-15)9-18-11(3)8-13(16)17-4/h6-7,10-11H,5,8-9H2,1-4H3. The predicted molar refractivity (Wildman–Crippen MR) is 74.6 cm³/mol. The quantitative estimate of drug-likeness (QED) is 0.714. The molecule has 0 fully saturated rings. The van der Waals surface area contributed by atoms with Crippen molar-refractivity contribution in [2.24, 2.45) is 0 Å². The van der Waals surface area contributed by atoms with Crippen molar-refractivity contribution in [3.8, 4) is 0 Å². The molecule has 1 rings (SSSR count). The molecule has 0 saturated carbocycles. The fourth-order valence-corrected chi connectivity index (χ4v) is 2.35. The molecule has 0 N–H and O–H groups in total. The normalized spacial score (nSPS) is 14.2. The average molecular weight is 270 g/mol. The lowest BCUT2D eigenvalue weighted by atomic mass is 10.3. The number of methoxy groups -OCH3 is 1. The summed E-state index contributed by atoms with van der Waals surface area (Å²) in [7, 11) is 1.42. The fourth-order valence-electron chi connectivity index (χ4n) is 1.49. The van der Waals surface area contributed by atoms with Crippen LogP contribution in [0, 0.1) is 0 Å². The van der Waals surface area contributed by atoms with Crippen LogP contribution < -0.4 is 0 Å². The summed E-state index contributed by atoms with van der Waals surface area (Å²) >= 11 is 1.73. The minimum atomic E-state index is -0.153. The van der Waals surface area contributed by atoms with Crippen LogP contribution in [0.15, 0.2) is 12.3 Å². The van der Waals surface area contributed by atoms with Gasteiger partial charge < -0.3 is 4.74 Å². The van der Waals surface area contributed by atoms with Crippen molar-refractivity contribution >= 4 is 17.7 Å². The third-order valence-electron chi connectivity index (χ3n) is 2.90. The van der Waals surface area contributed by atoms with Crippen LogP contribution in [0.25, 0.3) is 0 Å². The molecule has 0 spiro atoms. The van der Waals surface area contributed by atoms with Crippen molar-refractivity contribution in [3.05, 3.63) is 18.0 Å². The van der Waals surface area contributed by atoms with Crippen LogP contribution in [-0.2, 0) is 15.3 Å². The molecule has 0 amide bonds. The van der Waals surface area contributed by atoms with Gasteiger partial charge in [0, 0.05) is 23.2 Å². The second-order valence-electron chi connectivity index (χ2n) is 4.45. The number of carbonyl (C=O) groups excluding carboxylic acids is 1. The molecule has 2 unspecified atom stereocenters. The van der Waals surface area contributed by atoms with Gasteiger partial charge in [0.1, 0.15) is 0 Å². The van der Waals surface area contributed by atoms with E-state index in [1.54, 1.807) is 11.8 Å². The first-order chi connectivity index (χ1) is 8.56. The van der Waals surface area contributed by atoms with Crippen LogP contribution in [-0.4, -0.2) is 28.1 Å². The van der Waals surface area contributed by atoms with Gasteiger partial charge in [-0.2, -0.15) is 16.9 Å². The van der Waals surface area contributed by atoms with Crippen LogP contribution in [0.3, 0.4) is 0 Å². The maximum absolute atomic E-state index is 11.1. The minimum Gasteiger partial charge on any atom is -0.469 e. The lowest BCUT2D eigenvalue weighted by Crippen LogP contribution is -2.09. The summed E-state index contributed by atoms with van der Waals surface area (Å²) in [4.78, 5) is 11.1. The lowest BCUT2D eigenvalue weighted by Gasteiger charge is -2.09. The zero-order chi connectivity index (χ0) is 13.5. The second kappa shape index (κ2) is 7.46. The maximum Gasteiger partial charge on any atom is 0.306 e. The third kappa shape index (κ3) is 4.72. The molecular weight excluding hydrogens is 248 g/mol. The Morgan fingerprint density at radius 2 is 2.28 bits per heavy atom. The Morgan fingerprint density at radius 1 is 1.56 bits per heavy atom. The summed E-state index contributed by atoms with van der Waals surface area (Å²) in [5.41, 5.74) is 1.07. The van der Waals surface area contributed by atoms with Crippen LogP contribution in [0.2, 0.25) is 0 Å². The molecule has 2 atom stereocenters. The van der Waals surface area contributed by atoms with Gasteiger partial charge in [0.15, 0.2) is 0 Å². The van der Waals surface area contributed by atoms with Crippen LogP contribution >= 0.6 is 11.8 Å². The molecule has 5 heteroatoms. The van der Waals surface area contributed by atoms with Crippen molar-refractivity contribution in [1.82, 2.24) is 9.78 Å². The molecule has 4 nitrogen and oxygen atoms in total. The Kier molecular flexibility index (Phi) is 6.25. The number of hydrogen-bond acceptors (Lipinski definition) is 4. The van der Waals surface area contributed by atoms with Gasteiger partial charge in [-0.25, -0.2) is 0 Å². The first-order valence-electron chi connectivity index (χ1n) is 6.29. The number of carbonyl (C=O) groups is 1. The van der Waals surface area contributed by atoms with E-state index in [0.29, 0.717) is 12.5 Å². The Bertz CT molecular complexity index is 379. The Labute approximate surface area is 113 Å². The average Bonchev–Trinajstić information content (AvgIpc) is 2.84. The Morgan fingerprint density at radius 3 is 2.89 bits per heavy atom. The van der Waals surface area contributed by atoms with E-state index in [0.717, 1.165) is 17.9 Å². The third-order valence-corrected chi connectivity index (χ3v) is 4.10. The molecular formula is C13H22N2O2S. The van der Waals surface area contributed by atoms with Gasteiger partial charge in [-0.15, -0.1) is 0 Å². The molecule has 102 valence electrons. The molecule has 0 radical (unpaired) electrons. The Hall–Kier alpha value is -0.970. The SMILES string of the molecule is CCC(C)n1ccc(CSC(C)CC(=O)OC)n1. The molecule has 1 heterocycles. The van der Waals surface area contributed by atoms with E-state index in [2.05, 4.69) is 23.7 Å². The second-order valence-corrected chi connectivity index (χ2v) is 5.87. The largest absolute Gasteiger partial charge is 0.469 e. The number of aromatic nitrogens is 2. The molecule has 0 aliphatic carbocycles. The predicted octanol–water partition coefficient (Wildman–Crippen LogP) is 3.04. The van der Waals surface area contributed by atoms with Gasteiger partial charge in [-0.1, -0.05) is 13.8 Å². The molecule has 0 saturated heterocycles. The highest BCUT2D eigenvalue weighted by Gasteiger charge is 2.11. The highest BCUT2D eigenvalue weighted by molar-refractivity contribution is 7.99. The summed E-state index contributed by atoms with van der Waals surface area (Å²) in [6, 6.07) is 2.49. The minimum absolute atomic E-state index is 0.153. The van der Waals surface area contributed by atoms with Gasteiger partial charge in [-0.3, -0.25) is 9.48 Å². The first kappa shape index (κ1) is 15.1. The zero-order valence-corrected chi connectivity index (χ0v) is 12.4. The van der Waals surface area contributed by atoms with Gasteiger partial charge in [0.05, 0.1) is 19.2 Å². The van der Waals surface area contributed by atoms with E-state index < -0.39 is 0 Å². The van der Waals surface area contributed by atoms with E-state index in [1.165, 1.54) is 7.11 Å². The number of nitrogens with zero attached hydrogens (tertiary/aromatic N) is 2. The van der Waals surface area contributed by atoms with E-state index in [9.17, 15) is 4.79 Å². The molecule has 0 aromatic carbocycles. The summed E-state index contributed by atoms with van der Waals surface area (Å²) in [6.07, 6.45) is 3.55. The molecule has 1 aromatic heterocycles. The Balaban J connectivity index is 2.39. The first-order valence-corrected chi connectivity index (χ1v) is 7.34. The van der Waals surface area contributed by atoms with Crippen LogP contribution in [0.4, 0.5) is 0 Å². The van der Waals surface area contributed by atoms with Gasteiger partial charge >= 0.3 is 5.97 Å². The number of esters is 1. The number of rotatable bonds is 7. The summed E-state index contributed by atoms with van der Waals surface area (Å²) in [6.45, 7) is 6.34. The van der Waals surface area contributed by atoms with E-state index in [1.807, 2.05) is 23.9 Å². The van der Waals surface area contributed by atoms with Crippen LogP contribution in [0.1, 0.15) is 45.3 Å². The van der Waals surface area contributed by atoms with Crippen molar-refractivity contribution in [1.29, 1.82) is 0 Å². The van der Waals surface area contributed by atoms with E-state index in [-0.39, 0.29) is 11.2 Å². The molecule has 1 aromatic rings. The van der Waals surface area contributed by atoms with Crippen molar-refractivity contribution in [3.63, 3.8) is 0 Å². The summed E-state index contributed by atoms with van der Waals surface area (Å²) in [5.74, 6) is 0.682. The van der Waals surface area contributed by atoms with Gasteiger partial charge in [-0.05, 0) is 19.4 Å². The van der Waals surface area contributed by atoms with Crippen molar-refractivity contribution < 1.29 is 9.53 Å². The zero-order valence-electron chi connectivity index (χ0n) is 11.5. The van der Waals surface area contributed by atoms with Crippen molar-refractivity contribution in [2.75, 3.05) is 7.11 Å². The van der Waals surface area contributed by atoms with E-state index >= 15 is 0 Å². The highest BCUT2D eigenvalue weighted by Crippen LogP contribution is 2.20. The smallest absolute Gasteiger partial charge is 0.306 e. The monoisotopic (exact) mass is 270 g/mol. The fraction of sp³-hybridized carbons (Fsp3) is 0.692. The van der Waals surface area contributed by atoms with Gasteiger partial charge in [0.2, 0.25) is 0 Å².